The molecule has 0 saturated heterocycles. The largest absolute Gasteiger partial charge is 0.468 e. The van der Waals surface area contributed by atoms with Gasteiger partial charge in [0, 0.05) is 23.4 Å². The fraction of sp³-hybridized carbons (Fsp3) is 0.292. The fourth-order valence-electron chi connectivity index (χ4n) is 4.10. The number of benzene rings is 1. The number of hydrogen-bond acceptors (Lipinski definition) is 6. The number of allylic oxidation sites excluding steroid dienone is 3. The van der Waals surface area contributed by atoms with Gasteiger partial charge in [-0.05, 0) is 49.9 Å². The molecule has 2 aliphatic rings. The zero-order chi connectivity index (χ0) is 22.0. The fourth-order valence-corrected chi connectivity index (χ4v) is 4.96. The highest BCUT2D eigenvalue weighted by Gasteiger charge is 2.38. The van der Waals surface area contributed by atoms with Crippen LogP contribution in [0.25, 0.3) is 0 Å². The van der Waals surface area contributed by atoms with E-state index in [0.29, 0.717) is 28.4 Å². The minimum Gasteiger partial charge on any atom is -0.468 e. The molecular formula is C24H23N3O3S. The average molecular weight is 434 g/mol. The quantitative estimate of drug-likeness (QED) is 0.710. The van der Waals surface area contributed by atoms with Crippen LogP contribution >= 0.6 is 11.8 Å². The summed E-state index contributed by atoms with van der Waals surface area (Å²) in [4.78, 5) is 25.3. The number of furan rings is 1. The van der Waals surface area contributed by atoms with Crippen LogP contribution in [0.15, 0.2) is 62.9 Å². The number of ketones is 1. The Kier molecular flexibility index (Phi) is 6.01. The van der Waals surface area contributed by atoms with Crippen LogP contribution in [0.4, 0.5) is 5.69 Å². The van der Waals surface area contributed by atoms with Gasteiger partial charge in [0.05, 0.1) is 34.6 Å². The number of nitrogens with one attached hydrogen (secondary N) is 2. The summed E-state index contributed by atoms with van der Waals surface area (Å²) in [5.41, 5.74) is 4.67. The zero-order valence-electron chi connectivity index (χ0n) is 17.5. The molecule has 31 heavy (non-hydrogen) atoms. The lowest BCUT2D eigenvalue weighted by atomic mass is 9.79. The maximum Gasteiger partial charge on any atom is 0.234 e. The summed E-state index contributed by atoms with van der Waals surface area (Å²) in [6, 6.07) is 11.7. The maximum absolute atomic E-state index is 12.7. The van der Waals surface area contributed by atoms with Gasteiger partial charge >= 0.3 is 0 Å². The standard InChI is InChI=1S/C24H23N3O3S/c1-14-6-3-7-15(2)23(14)27-20(29)13-31-24-16(12-25)21(19-10-5-11-30-19)22-17(26-24)8-4-9-18(22)28/h3,5-7,10-11,21,26H,4,8-9,13H2,1-2H3,(H,27,29)/t21-/m0/s1. The number of rotatable bonds is 5. The zero-order valence-corrected chi connectivity index (χ0v) is 18.3. The molecule has 1 aromatic carbocycles. The van der Waals surface area contributed by atoms with Crippen molar-refractivity contribution in [3.05, 3.63) is 75.4 Å². The van der Waals surface area contributed by atoms with E-state index in [-0.39, 0.29) is 17.4 Å². The molecule has 4 rings (SSSR count). The predicted octanol–water partition coefficient (Wildman–Crippen LogP) is 4.70. The van der Waals surface area contributed by atoms with Crippen LogP contribution < -0.4 is 10.6 Å². The highest BCUT2D eigenvalue weighted by molar-refractivity contribution is 8.03. The second-order valence-corrected chi connectivity index (χ2v) is 8.69. The molecule has 1 atom stereocenters. The third-order valence-corrected chi connectivity index (χ3v) is 6.60. The summed E-state index contributed by atoms with van der Waals surface area (Å²) < 4.78 is 5.59. The Morgan fingerprint density at radius 3 is 2.71 bits per heavy atom. The van der Waals surface area contributed by atoms with Crippen molar-refractivity contribution in [2.24, 2.45) is 0 Å². The van der Waals surface area contributed by atoms with E-state index in [1.54, 1.807) is 18.4 Å². The van der Waals surface area contributed by atoms with E-state index in [4.69, 9.17) is 4.42 Å². The van der Waals surface area contributed by atoms with Crippen LogP contribution in [0.2, 0.25) is 0 Å². The van der Waals surface area contributed by atoms with Crippen molar-refractivity contribution < 1.29 is 14.0 Å². The van der Waals surface area contributed by atoms with E-state index in [0.717, 1.165) is 35.4 Å². The lowest BCUT2D eigenvalue weighted by Gasteiger charge is -2.32. The molecule has 158 valence electrons. The van der Waals surface area contributed by atoms with Gasteiger partial charge < -0.3 is 15.1 Å². The van der Waals surface area contributed by atoms with Crippen LogP contribution in [0.5, 0.6) is 0 Å². The van der Waals surface area contributed by atoms with Crippen molar-refractivity contribution in [3.63, 3.8) is 0 Å². The molecule has 2 aromatic rings. The number of nitriles is 1. The Morgan fingerprint density at radius 2 is 2.03 bits per heavy atom. The molecule has 0 bridgehead atoms. The van der Waals surface area contributed by atoms with E-state index in [9.17, 15) is 14.9 Å². The van der Waals surface area contributed by atoms with Gasteiger partial charge in [0.2, 0.25) is 5.91 Å². The first-order chi connectivity index (χ1) is 15.0. The first-order valence-corrected chi connectivity index (χ1v) is 11.2. The molecule has 0 saturated carbocycles. The first kappa shape index (κ1) is 21.0. The number of aryl methyl sites for hydroxylation is 2. The van der Waals surface area contributed by atoms with Crippen LogP contribution in [-0.4, -0.2) is 17.4 Å². The van der Waals surface area contributed by atoms with Crippen molar-refractivity contribution in [2.75, 3.05) is 11.1 Å². The SMILES string of the molecule is Cc1cccc(C)c1NC(=O)CSC1=C(C#N)[C@@H](c2ccco2)C2=C(CCCC2=O)N1. The van der Waals surface area contributed by atoms with Crippen molar-refractivity contribution >= 4 is 29.1 Å². The Morgan fingerprint density at radius 1 is 1.26 bits per heavy atom. The van der Waals surface area contributed by atoms with E-state index >= 15 is 0 Å². The topological polar surface area (TPSA) is 95.1 Å². The van der Waals surface area contributed by atoms with Gasteiger partial charge in [0.15, 0.2) is 5.78 Å². The van der Waals surface area contributed by atoms with Gasteiger partial charge in [0.1, 0.15) is 5.76 Å². The molecule has 0 unspecified atom stereocenters. The number of para-hydroxylation sites is 1. The summed E-state index contributed by atoms with van der Waals surface area (Å²) in [5.74, 6) is 0.0674. The number of carbonyl (C=O) groups excluding carboxylic acids is 2. The Balaban J connectivity index is 1.58. The van der Waals surface area contributed by atoms with Gasteiger partial charge in [-0.1, -0.05) is 30.0 Å². The van der Waals surface area contributed by atoms with Crippen molar-refractivity contribution in [1.82, 2.24) is 5.32 Å². The molecule has 2 N–H and O–H groups in total. The second kappa shape index (κ2) is 8.86. The van der Waals surface area contributed by atoms with Gasteiger partial charge in [-0.2, -0.15) is 5.26 Å². The molecule has 1 aromatic heterocycles. The van der Waals surface area contributed by atoms with Crippen LogP contribution in [0, 0.1) is 25.2 Å². The molecule has 2 heterocycles. The minimum absolute atomic E-state index is 0.0414. The number of amides is 1. The normalized spacial score (nSPS) is 18.4. The number of hydrogen-bond donors (Lipinski definition) is 2. The number of carbonyl (C=O) groups is 2. The average Bonchev–Trinajstić information content (AvgIpc) is 3.28. The Hall–Kier alpha value is -3.24. The van der Waals surface area contributed by atoms with Crippen molar-refractivity contribution in [1.29, 1.82) is 5.26 Å². The highest BCUT2D eigenvalue weighted by atomic mass is 32.2. The van der Waals surface area contributed by atoms with Crippen LogP contribution in [0.3, 0.4) is 0 Å². The van der Waals surface area contributed by atoms with Crippen molar-refractivity contribution in [2.45, 2.75) is 39.0 Å². The van der Waals surface area contributed by atoms with Crippen molar-refractivity contribution in [3.8, 4) is 6.07 Å². The smallest absolute Gasteiger partial charge is 0.234 e. The lowest BCUT2D eigenvalue weighted by Crippen LogP contribution is -2.31. The van der Waals surface area contributed by atoms with Gasteiger partial charge in [-0.3, -0.25) is 9.59 Å². The van der Waals surface area contributed by atoms with Gasteiger partial charge in [-0.15, -0.1) is 0 Å². The summed E-state index contributed by atoms with van der Waals surface area (Å²) in [6.07, 6.45) is 3.51. The molecule has 6 nitrogen and oxygen atoms in total. The number of dihydropyridines is 1. The van der Waals surface area contributed by atoms with Crippen LogP contribution in [-0.2, 0) is 9.59 Å². The summed E-state index contributed by atoms with van der Waals surface area (Å²) >= 11 is 1.27. The molecule has 0 fully saturated rings. The molecular weight excluding hydrogens is 410 g/mol. The maximum atomic E-state index is 12.7. The monoisotopic (exact) mass is 433 g/mol. The molecule has 0 spiro atoms. The molecule has 7 heteroatoms. The summed E-state index contributed by atoms with van der Waals surface area (Å²) in [6.45, 7) is 3.91. The lowest BCUT2D eigenvalue weighted by molar-refractivity contribution is -0.116. The third kappa shape index (κ3) is 4.17. The Labute approximate surface area is 185 Å². The highest BCUT2D eigenvalue weighted by Crippen LogP contribution is 2.44. The first-order valence-electron chi connectivity index (χ1n) is 10.2. The van der Waals surface area contributed by atoms with E-state index in [1.165, 1.54) is 11.8 Å². The minimum atomic E-state index is -0.534. The predicted molar refractivity (Wildman–Crippen MR) is 120 cm³/mol. The molecule has 0 radical (unpaired) electrons. The van der Waals surface area contributed by atoms with E-state index < -0.39 is 5.92 Å². The Bertz CT molecular complexity index is 1120. The van der Waals surface area contributed by atoms with E-state index in [1.807, 2.05) is 32.0 Å². The summed E-state index contributed by atoms with van der Waals surface area (Å²) in [7, 11) is 0. The van der Waals surface area contributed by atoms with Gasteiger partial charge in [0.25, 0.3) is 0 Å². The number of nitrogens with zero attached hydrogens (tertiary/aromatic N) is 1. The third-order valence-electron chi connectivity index (χ3n) is 5.58. The molecule has 1 amide bonds. The number of Topliss-reactive ketones (excluding diaryl/α,β-unsaturated/α-hetero) is 1. The summed E-state index contributed by atoms with van der Waals surface area (Å²) in [5, 5.41) is 16.8. The molecule has 1 aliphatic carbocycles. The van der Waals surface area contributed by atoms with Crippen LogP contribution in [0.1, 0.15) is 42.1 Å². The van der Waals surface area contributed by atoms with E-state index in [2.05, 4.69) is 16.7 Å². The number of thioether (sulfide) groups is 1. The number of anilines is 1. The van der Waals surface area contributed by atoms with Gasteiger partial charge in [-0.25, -0.2) is 0 Å². The molecule has 1 aliphatic heterocycles. The second-order valence-electron chi connectivity index (χ2n) is 7.70.